The highest BCUT2D eigenvalue weighted by Gasteiger charge is 2.21. The van der Waals surface area contributed by atoms with E-state index in [-0.39, 0.29) is 6.42 Å². The number of aliphatic hydroxyl groups excluding tert-OH is 3. The van der Waals surface area contributed by atoms with E-state index < -0.39 is 24.3 Å². The fourth-order valence-electron chi connectivity index (χ4n) is 2.19. The molecule has 0 saturated carbocycles. The maximum atomic E-state index is 10.3. The third-order valence-corrected chi connectivity index (χ3v) is 3.62. The number of carbonyl (C=O) groups is 1. The van der Waals surface area contributed by atoms with Gasteiger partial charge in [0.15, 0.2) is 0 Å². The van der Waals surface area contributed by atoms with E-state index in [1.54, 1.807) is 6.08 Å². The smallest absolute Gasteiger partial charge is 0.303 e. The van der Waals surface area contributed by atoms with Gasteiger partial charge in [-0.25, -0.2) is 0 Å². The predicted octanol–water partition coefficient (Wildman–Crippen LogP) is 2.80. The first-order valence-corrected chi connectivity index (χ1v) is 8.56. The summed E-state index contributed by atoms with van der Waals surface area (Å²) in [6.07, 6.45) is 10.7. The highest BCUT2D eigenvalue weighted by Crippen LogP contribution is 2.10. The lowest BCUT2D eigenvalue weighted by Gasteiger charge is -2.19. The molecule has 0 fully saturated rings. The number of allylic oxidation sites excluding steroid dienone is 2. The van der Waals surface area contributed by atoms with E-state index in [0.717, 1.165) is 44.9 Å². The van der Waals surface area contributed by atoms with Gasteiger partial charge in [-0.05, 0) is 32.1 Å². The second kappa shape index (κ2) is 14.4. The third kappa shape index (κ3) is 13.0. The number of carboxylic acids is 1. The number of rotatable bonds is 14. The summed E-state index contributed by atoms with van der Waals surface area (Å²) >= 11 is 0. The number of aliphatic carboxylic acids is 1. The molecule has 4 N–H and O–H groups in total. The summed E-state index contributed by atoms with van der Waals surface area (Å²) < 4.78 is 0. The van der Waals surface area contributed by atoms with Crippen LogP contribution in [0.15, 0.2) is 24.3 Å². The van der Waals surface area contributed by atoms with E-state index in [1.165, 1.54) is 6.08 Å². The molecule has 0 heterocycles. The van der Waals surface area contributed by atoms with Gasteiger partial charge in [0.1, 0.15) is 12.2 Å². The lowest BCUT2D eigenvalue weighted by Crippen LogP contribution is -2.35. The van der Waals surface area contributed by atoms with Gasteiger partial charge in [0.05, 0.1) is 6.10 Å². The maximum Gasteiger partial charge on any atom is 0.303 e. The van der Waals surface area contributed by atoms with Crippen molar-refractivity contribution in [2.75, 3.05) is 0 Å². The SMILES string of the molecule is CCC=CCC(O)C(O)C(O)C=CCCCCCCCC(=O)O. The predicted molar refractivity (Wildman–Crippen MR) is 91.2 cm³/mol. The van der Waals surface area contributed by atoms with Gasteiger partial charge in [0.25, 0.3) is 0 Å². The molecule has 0 aliphatic carbocycles. The van der Waals surface area contributed by atoms with Gasteiger partial charge in [-0.15, -0.1) is 0 Å². The van der Waals surface area contributed by atoms with Crippen molar-refractivity contribution >= 4 is 5.97 Å². The lowest BCUT2D eigenvalue weighted by atomic mass is 10.0. The molecular weight excluding hydrogens is 296 g/mol. The molecule has 0 aromatic carbocycles. The largest absolute Gasteiger partial charge is 0.481 e. The Bertz CT molecular complexity index is 351. The van der Waals surface area contributed by atoms with Crippen molar-refractivity contribution in [2.24, 2.45) is 0 Å². The van der Waals surface area contributed by atoms with Crippen molar-refractivity contribution in [1.29, 1.82) is 0 Å². The molecule has 0 bridgehead atoms. The molecule has 0 spiro atoms. The quantitative estimate of drug-likeness (QED) is 0.290. The Kier molecular flexibility index (Phi) is 13.7. The van der Waals surface area contributed by atoms with Gasteiger partial charge in [-0.3, -0.25) is 4.79 Å². The molecule has 0 aromatic rings. The van der Waals surface area contributed by atoms with Crippen LogP contribution in [-0.2, 0) is 4.79 Å². The molecule has 5 nitrogen and oxygen atoms in total. The molecule has 3 unspecified atom stereocenters. The first-order valence-electron chi connectivity index (χ1n) is 8.56. The van der Waals surface area contributed by atoms with E-state index >= 15 is 0 Å². The zero-order valence-electron chi connectivity index (χ0n) is 14.1. The van der Waals surface area contributed by atoms with Crippen LogP contribution in [0.3, 0.4) is 0 Å². The molecule has 0 aliphatic rings. The standard InChI is InChI=1S/C18H32O5/c1-2-3-9-12-15(19)18(23)16(20)13-10-7-5-4-6-8-11-14-17(21)22/h3,9-10,13,15-16,18-20,23H,2,4-8,11-12,14H2,1H3,(H,21,22). The molecule has 3 atom stereocenters. The molecule has 5 heteroatoms. The Morgan fingerprint density at radius 3 is 2.26 bits per heavy atom. The van der Waals surface area contributed by atoms with Gasteiger partial charge < -0.3 is 20.4 Å². The number of aliphatic hydroxyl groups is 3. The maximum absolute atomic E-state index is 10.3. The van der Waals surface area contributed by atoms with Crippen LogP contribution in [0.1, 0.15) is 64.7 Å². The van der Waals surface area contributed by atoms with Gasteiger partial charge in [-0.2, -0.15) is 0 Å². The van der Waals surface area contributed by atoms with Gasteiger partial charge >= 0.3 is 5.97 Å². The average Bonchev–Trinajstić information content (AvgIpc) is 2.52. The number of hydrogen-bond acceptors (Lipinski definition) is 4. The second-order valence-electron chi connectivity index (χ2n) is 5.79. The van der Waals surface area contributed by atoms with Crippen molar-refractivity contribution in [3.8, 4) is 0 Å². The minimum absolute atomic E-state index is 0.236. The summed E-state index contributed by atoms with van der Waals surface area (Å²) in [6.45, 7) is 1.99. The third-order valence-electron chi connectivity index (χ3n) is 3.62. The normalized spacial score (nSPS) is 16.0. The van der Waals surface area contributed by atoms with Crippen LogP contribution in [-0.4, -0.2) is 44.7 Å². The highest BCUT2D eigenvalue weighted by molar-refractivity contribution is 5.66. The zero-order chi connectivity index (χ0) is 17.5. The summed E-state index contributed by atoms with van der Waals surface area (Å²) in [5.74, 6) is -0.743. The summed E-state index contributed by atoms with van der Waals surface area (Å²) in [4.78, 5) is 10.3. The topological polar surface area (TPSA) is 98.0 Å². The molecule has 0 aromatic heterocycles. The first kappa shape index (κ1) is 21.8. The summed E-state index contributed by atoms with van der Waals surface area (Å²) in [5.41, 5.74) is 0. The van der Waals surface area contributed by atoms with Gasteiger partial charge in [-0.1, -0.05) is 50.5 Å². The zero-order valence-corrected chi connectivity index (χ0v) is 14.1. The van der Waals surface area contributed by atoms with Crippen LogP contribution in [0.5, 0.6) is 0 Å². The van der Waals surface area contributed by atoms with Crippen molar-refractivity contribution in [2.45, 2.75) is 83.0 Å². The van der Waals surface area contributed by atoms with E-state index in [9.17, 15) is 20.1 Å². The molecule has 0 saturated heterocycles. The van der Waals surface area contributed by atoms with Gasteiger partial charge in [0, 0.05) is 6.42 Å². The Labute approximate surface area is 139 Å². The van der Waals surface area contributed by atoms with E-state index in [1.807, 2.05) is 19.1 Å². The van der Waals surface area contributed by atoms with Crippen molar-refractivity contribution in [3.63, 3.8) is 0 Å². The summed E-state index contributed by atoms with van der Waals surface area (Å²) in [7, 11) is 0. The first-order chi connectivity index (χ1) is 11.0. The molecule has 0 amide bonds. The van der Waals surface area contributed by atoms with E-state index in [4.69, 9.17) is 5.11 Å². The fraction of sp³-hybridized carbons (Fsp3) is 0.722. The summed E-state index contributed by atoms with van der Waals surface area (Å²) in [6, 6.07) is 0. The fourth-order valence-corrected chi connectivity index (χ4v) is 2.19. The molecule has 23 heavy (non-hydrogen) atoms. The monoisotopic (exact) mass is 328 g/mol. The Hall–Kier alpha value is -1.17. The molecular formula is C18H32O5. The van der Waals surface area contributed by atoms with Crippen LogP contribution in [0.25, 0.3) is 0 Å². The number of hydrogen-bond donors (Lipinski definition) is 4. The summed E-state index contributed by atoms with van der Waals surface area (Å²) in [5, 5.41) is 37.8. The van der Waals surface area contributed by atoms with Crippen LogP contribution in [0, 0.1) is 0 Å². The van der Waals surface area contributed by atoms with Crippen LogP contribution < -0.4 is 0 Å². The lowest BCUT2D eigenvalue weighted by molar-refractivity contribution is -0.137. The minimum Gasteiger partial charge on any atom is -0.481 e. The van der Waals surface area contributed by atoms with Crippen molar-refractivity contribution < 1.29 is 25.2 Å². The second-order valence-corrected chi connectivity index (χ2v) is 5.79. The van der Waals surface area contributed by atoms with E-state index in [0.29, 0.717) is 6.42 Å². The Morgan fingerprint density at radius 1 is 0.957 bits per heavy atom. The molecule has 0 aliphatic heterocycles. The number of unbranched alkanes of at least 4 members (excludes halogenated alkanes) is 5. The van der Waals surface area contributed by atoms with E-state index in [2.05, 4.69) is 0 Å². The Morgan fingerprint density at radius 2 is 1.61 bits per heavy atom. The highest BCUT2D eigenvalue weighted by atomic mass is 16.4. The van der Waals surface area contributed by atoms with Crippen LogP contribution in [0.4, 0.5) is 0 Å². The van der Waals surface area contributed by atoms with Gasteiger partial charge in [0.2, 0.25) is 0 Å². The van der Waals surface area contributed by atoms with Crippen LogP contribution >= 0.6 is 0 Å². The van der Waals surface area contributed by atoms with Crippen molar-refractivity contribution in [3.05, 3.63) is 24.3 Å². The molecule has 0 radical (unpaired) electrons. The molecule has 0 rings (SSSR count). The molecule has 134 valence electrons. The Balaban J connectivity index is 3.72. The van der Waals surface area contributed by atoms with Crippen molar-refractivity contribution in [1.82, 2.24) is 0 Å². The van der Waals surface area contributed by atoms with Crippen LogP contribution in [0.2, 0.25) is 0 Å². The average molecular weight is 328 g/mol. The number of carboxylic acid groups (broad SMARTS) is 1. The minimum atomic E-state index is -1.18.